The Morgan fingerprint density at radius 1 is 0.913 bits per heavy atom. The molecule has 19 nitrogen and oxygen atoms in total. The van der Waals surface area contributed by atoms with Crippen molar-refractivity contribution in [1.29, 1.82) is 0 Å². The van der Waals surface area contributed by atoms with Crippen molar-refractivity contribution < 1.29 is 45.8 Å². The third kappa shape index (κ3) is 9.09. The van der Waals surface area contributed by atoms with Gasteiger partial charge in [-0.3, -0.25) is 14.5 Å². The smallest absolute Gasteiger partial charge is 0.443 e. The Morgan fingerprint density at radius 2 is 1.71 bits per heavy atom. The number of aromatic amines is 1. The fraction of sp³-hybridized carbons (Fsp3) is 0.556. The molecule has 6 aromatic rings. The van der Waals surface area contributed by atoms with E-state index in [2.05, 4.69) is 46.3 Å². The quantitative estimate of drug-likeness (QED) is 0.0662. The summed E-state index contributed by atoms with van der Waals surface area (Å²) in [5, 5.41) is 33.4. The van der Waals surface area contributed by atoms with Gasteiger partial charge in [0.15, 0.2) is 23.3 Å². The Bertz CT molecular complexity index is 2900. The van der Waals surface area contributed by atoms with Gasteiger partial charge in [0, 0.05) is 64.9 Å². The van der Waals surface area contributed by atoms with Crippen molar-refractivity contribution in [1.82, 2.24) is 59.8 Å². The predicted octanol–water partition coefficient (Wildman–Crippen LogP) is 7.72. The number of alkyl halides is 5. The summed E-state index contributed by atoms with van der Waals surface area (Å²) < 4.78 is 91.1. The van der Waals surface area contributed by atoms with E-state index in [1.165, 1.54) is 16.8 Å². The normalized spacial score (nSPS) is 26.2. The summed E-state index contributed by atoms with van der Waals surface area (Å²) in [5.41, 5.74) is 4.37. The van der Waals surface area contributed by atoms with Gasteiger partial charge >= 0.3 is 18.5 Å². The van der Waals surface area contributed by atoms with Crippen LogP contribution >= 0.6 is 0 Å². The molecule has 6 atom stereocenters. The Balaban J connectivity index is 0.887. The third-order valence-electron chi connectivity index (χ3n) is 14.0. The average Bonchev–Trinajstić information content (AvgIpc) is 4.13. The third-order valence-corrected chi connectivity index (χ3v) is 14.0. The number of ether oxygens (including phenoxy) is 3. The minimum atomic E-state index is -4.91. The summed E-state index contributed by atoms with van der Waals surface area (Å²) in [5.74, 6) is 0.834. The van der Waals surface area contributed by atoms with Crippen molar-refractivity contribution in [3.05, 3.63) is 70.8 Å². The maximum atomic E-state index is 15.9. The van der Waals surface area contributed by atoms with Gasteiger partial charge in [0.05, 0.1) is 29.8 Å². The first-order valence-corrected chi connectivity index (χ1v) is 23.5. The monoisotopic (exact) mass is 962 g/mol. The fourth-order valence-corrected chi connectivity index (χ4v) is 10.8. The number of aryl methyl sites for hydroxylation is 2. The zero-order valence-corrected chi connectivity index (χ0v) is 37.7. The van der Waals surface area contributed by atoms with Crippen molar-refractivity contribution >= 4 is 46.5 Å². The lowest BCUT2D eigenvalue weighted by atomic mass is 9.50. The summed E-state index contributed by atoms with van der Waals surface area (Å²) in [6, 6.07) is 4.59. The van der Waals surface area contributed by atoms with Crippen LogP contribution in [0.5, 0.6) is 0 Å². The summed E-state index contributed by atoms with van der Waals surface area (Å²) in [7, 11) is 0. The van der Waals surface area contributed by atoms with Crippen LogP contribution in [0.1, 0.15) is 118 Å². The molecular formula is C45H51F5N14O5. The second-order valence-corrected chi connectivity index (χ2v) is 19.4. The second-order valence-electron chi connectivity index (χ2n) is 19.4. The molecule has 366 valence electrons. The van der Waals surface area contributed by atoms with Crippen molar-refractivity contribution in [2.75, 3.05) is 10.6 Å². The zero-order valence-electron chi connectivity index (χ0n) is 37.7. The molecule has 0 aromatic carbocycles. The standard InChI is InChI=1S/C45H51F5N14O5/c1-22(2)52-42(65)69-35-12-24(11-29(35)46)32-15-37(55-41-39-28-5-3-4-6-30(28)60-62(39)10-9-51-41)61-63(32)19-26-20-64-33(13-25(59-64)21-67-45(48,49)50)40(53-26)54-36-14-31(57-58-36)27-7-8-34(38(27)47)68-43(66)56-44-16-23(17-44)18-44/h9-10,13-15,20,22-24,27,29,34-35,38H,3-8,11-12,16-19,21H2,1-2H3,(H,52,65)(H,56,66)(H,51,55,61)(H2,53,54,57,58)/t23?,24-,27+,29+,34+,35-,38+,44?/m0/s1. The minimum absolute atomic E-state index is 0.0269. The molecule has 0 aliphatic heterocycles. The first-order chi connectivity index (χ1) is 33.1. The highest BCUT2D eigenvalue weighted by Crippen LogP contribution is 2.57. The topological polar surface area (TPSA) is 217 Å². The van der Waals surface area contributed by atoms with E-state index in [9.17, 15) is 22.8 Å². The fourth-order valence-electron chi connectivity index (χ4n) is 10.8. The Hall–Kier alpha value is -6.59. The van der Waals surface area contributed by atoms with Crippen molar-refractivity contribution in [2.45, 2.75) is 152 Å². The molecule has 2 amide bonds. The number of H-pyrrole nitrogens is 1. The molecular weight excluding hydrogens is 912 g/mol. The number of nitrogens with zero attached hydrogens (tertiary/aromatic N) is 9. The molecule has 0 spiro atoms. The van der Waals surface area contributed by atoms with Crippen LogP contribution in [0.2, 0.25) is 0 Å². The van der Waals surface area contributed by atoms with E-state index in [4.69, 9.17) is 24.7 Å². The number of anilines is 4. The molecule has 2 bridgehead atoms. The molecule has 24 heteroatoms. The number of rotatable bonds is 14. The lowest BCUT2D eigenvalue weighted by Gasteiger charge is -2.61. The molecule has 6 aromatic heterocycles. The summed E-state index contributed by atoms with van der Waals surface area (Å²) in [6.07, 6.45) is 1.25. The Morgan fingerprint density at radius 3 is 2.49 bits per heavy atom. The van der Waals surface area contributed by atoms with Gasteiger partial charge in [-0.2, -0.15) is 20.4 Å². The van der Waals surface area contributed by atoms with Crippen LogP contribution in [0, 0.1) is 5.92 Å². The van der Waals surface area contributed by atoms with E-state index in [0.29, 0.717) is 47.5 Å². The van der Waals surface area contributed by atoms with Gasteiger partial charge in [-0.1, -0.05) is 0 Å². The molecule has 5 saturated carbocycles. The maximum absolute atomic E-state index is 15.9. The van der Waals surface area contributed by atoms with Gasteiger partial charge in [-0.15, -0.1) is 13.2 Å². The number of carbonyl (C=O) groups is 2. The van der Waals surface area contributed by atoms with Gasteiger partial charge in [0.2, 0.25) is 0 Å². The number of nitrogens with one attached hydrogen (secondary N) is 5. The predicted molar refractivity (Wildman–Crippen MR) is 236 cm³/mol. The lowest BCUT2D eigenvalue weighted by molar-refractivity contribution is -0.330. The lowest BCUT2D eigenvalue weighted by Crippen LogP contribution is -2.68. The van der Waals surface area contributed by atoms with Gasteiger partial charge in [-0.05, 0) is 96.5 Å². The van der Waals surface area contributed by atoms with Crippen LogP contribution in [0.25, 0.3) is 11.0 Å². The first-order valence-electron chi connectivity index (χ1n) is 23.5. The minimum Gasteiger partial charge on any atom is -0.443 e. The average molecular weight is 963 g/mol. The van der Waals surface area contributed by atoms with Crippen LogP contribution in [-0.2, 0) is 40.2 Å². The summed E-state index contributed by atoms with van der Waals surface area (Å²) in [4.78, 5) is 34.8. The van der Waals surface area contributed by atoms with Gasteiger partial charge < -0.3 is 30.7 Å². The van der Waals surface area contributed by atoms with Gasteiger partial charge in [-0.25, -0.2) is 37.4 Å². The molecule has 6 aliphatic carbocycles. The molecule has 5 N–H and O–H groups in total. The SMILES string of the molecule is CC(C)NC(=O)O[C@H]1C[C@@H](c2cc(Nc3nccn4nc5c(c34)CCCC5)nn2Cc2cn3nc(COC(F)(F)F)cc3c(Nc3cc([C@H]4CC[C@@H](OC(=O)NC56CC(C5)C6)[C@@H]4F)[nH]n3)n2)C[C@H]1F. The molecule has 6 aliphatic rings. The summed E-state index contributed by atoms with van der Waals surface area (Å²) >= 11 is 0. The number of hydrogen-bond donors (Lipinski definition) is 5. The van der Waals surface area contributed by atoms with Crippen molar-refractivity contribution in [3.8, 4) is 0 Å². The molecule has 5 fully saturated rings. The van der Waals surface area contributed by atoms with Crippen molar-refractivity contribution in [3.63, 3.8) is 0 Å². The number of amides is 2. The van der Waals surface area contributed by atoms with Crippen LogP contribution in [0.4, 0.5) is 54.8 Å². The van der Waals surface area contributed by atoms with Crippen molar-refractivity contribution in [2.24, 2.45) is 5.92 Å². The summed E-state index contributed by atoms with van der Waals surface area (Å²) in [6.45, 7) is 2.64. The Kier molecular flexibility index (Phi) is 11.3. The number of aromatic nitrogens is 10. The zero-order chi connectivity index (χ0) is 47.8. The Labute approximate surface area is 390 Å². The number of alkyl carbamates (subject to hydrolysis) is 2. The number of carbonyl (C=O) groups excluding carboxylic acids is 2. The second kappa shape index (κ2) is 17.4. The molecule has 0 unspecified atom stereocenters. The van der Waals surface area contributed by atoms with E-state index in [-0.39, 0.29) is 53.8 Å². The van der Waals surface area contributed by atoms with Crippen LogP contribution < -0.4 is 21.3 Å². The van der Waals surface area contributed by atoms with E-state index in [1.807, 2.05) is 0 Å². The number of hydrogen-bond acceptors (Lipinski definition) is 13. The molecule has 6 heterocycles. The highest BCUT2D eigenvalue weighted by atomic mass is 19.4. The molecule has 69 heavy (non-hydrogen) atoms. The van der Waals surface area contributed by atoms with E-state index < -0.39 is 61.5 Å². The van der Waals surface area contributed by atoms with E-state index in [0.717, 1.165) is 61.7 Å². The van der Waals surface area contributed by atoms with Crippen LogP contribution in [0.15, 0.2) is 36.8 Å². The highest BCUT2D eigenvalue weighted by Gasteiger charge is 2.58. The first kappa shape index (κ1) is 44.9. The molecule has 12 rings (SSSR count). The number of fused-ring (bicyclic) bond motifs is 4. The molecule has 0 saturated heterocycles. The molecule has 0 radical (unpaired) electrons. The van der Waals surface area contributed by atoms with Gasteiger partial charge in [0.25, 0.3) is 0 Å². The van der Waals surface area contributed by atoms with E-state index >= 15 is 8.78 Å². The maximum Gasteiger partial charge on any atom is 0.522 e. The van der Waals surface area contributed by atoms with Gasteiger partial charge in [0.1, 0.15) is 42.2 Å². The number of halogens is 5. The van der Waals surface area contributed by atoms with E-state index in [1.54, 1.807) is 47.6 Å². The van der Waals surface area contributed by atoms with Crippen LogP contribution in [-0.4, -0.2) is 104 Å². The largest absolute Gasteiger partial charge is 0.522 e. The highest BCUT2D eigenvalue weighted by molar-refractivity contribution is 5.77. The van der Waals surface area contributed by atoms with Crippen LogP contribution in [0.3, 0.4) is 0 Å².